The number of nitrogens with one attached hydrogen (secondary N) is 1. The fourth-order valence-corrected chi connectivity index (χ4v) is 0.857. The van der Waals surface area contributed by atoms with Crippen LogP contribution in [0.2, 0.25) is 0 Å². The maximum Gasteiger partial charge on any atom is 0.0338 e. The Balaban J connectivity index is 2.28. The Kier molecular flexibility index (Phi) is 1.83. The first-order valence-electron chi connectivity index (χ1n) is 3.03. The molecule has 1 aliphatic heterocycles. The second kappa shape index (κ2) is 2.44. The third-order valence-corrected chi connectivity index (χ3v) is 1.55. The van der Waals surface area contributed by atoms with E-state index in [1.807, 2.05) is 5.01 Å². The van der Waals surface area contributed by atoms with E-state index in [0.717, 1.165) is 19.6 Å². The molecular formula is C5H13N3. The van der Waals surface area contributed by atoms with Gasteiger partial charge >= 0.3 is 0 Å². The molecule has 0 aromatic rings. The molecule has 0 spiro atoms. The normalized spacial score (nSPS) is 33.0. The van der Waals surface area contributed by atoms with E-state index >= 15 is 0 Å². The summed E-state index contributed by atoms with van der Waals surface area (Å²) in [6.07, 6.45) is 0. The molecule has 48 valence electrons. The van der Waals surface area contributed by atoms with Crippen molar-refractivity contribution in [1.82, 2.24) is 10.3 Å². The summed E-state index contributed by atoms with van der Waals surface area (Å²) in [6, 6.07) is 0.503. The molecule has 1 saturated heterocycles. The highest BCUT2D eigenvalue weighted by molar-refractivity contribution is 4.70. The van der Waals surface area contributed by atoms with Crippen molar-refractivity contribution in [3.8, 4) is 0 Å². The number of nitrogens with zero attached hydrogens (tertiary/aromatic N) is 1. The standard InChI is InChI=1S/C5H13N3/c1-5-4-7-2-3-8(5)6/h5,7H,2-4,6H2,1H3/t5-/m1/s1. The van der Waals surface area contributed by atoms with Gasteiger partial charge in [-0.25, -0.2) is 5.01 Å². The quantitative estimate of drug-likeness (QED) is 0.404. The fourth-order valence-electron chi connectivity index (χ4n) is 0.857. The Labute approximate surface area is 49.8 Å². The summed E-state index contributed by atoms with van der Waals surface area (Å²) < 4.78 is 0. The van der Waals surface area contributed by atoms with Crippen LogP contribution in [0.5, 0.6) is 0 Å². The van der Waals surface area contributed by atoms with Gasteiger partial charge in [-0.15, -0.1) is 0 Å². The van der Waals surface area contributed by atoms with E-state index in [0.29, 0.717) is 6.04 Å². The van der Waals surface area contributed by atoms with Gasteiger partial charge in [-0.2, -0.15) is 0 Å². The number of nitrogens with two attached hydrogens (primary N) is 1. The van der Waals surface area contributed by atoms with Crippen LogP contribution in [0.4, 0.5) is 0 Å². The number of hydrogen-bond acceptors (Lipinski definition) is 3. The lowest BCUT2D eigenvalue weighted by molar-refractivity contribution is 0.177. The number of rotatable bonds is 0. The highest BCUT2D eigenvalue weighted by Crippen LogP contribution is 1.92. The fraction of sp³-hybridized carbons (Fsp3) is 1.00. The number of piperazine rings is 1. The van der Waals surface area contributed by atoms with Crippen molar-refractivity contribution in [2.24, 2.45) is 5.84 Å². The molecule has 3 heteroatoms. The highest BCUT2D eigenvalue weighted by atomic mass is 15.4. The lowest BCUT2D eigenvalue weighted by atomic mass is 10.3. The first kappa shape index (κ1) is 6.01. The van der Waals surface area contributed by atoms with E-state index < -0.39 is 0 Å². The van der Waals surface area contributed by atoms with Gasteiger partial charge < -0.3 is 5.32 Å². The molecule has 0 aromatic carbocycles. The third-order valence-electron chi connectivity index (χ3n) is 1.55. The van der Waals surface area contributed by atoms with Crippen molar-refractivity contribution in [2.75, 3.05) is 19.6 Å². The largest absolute Gasteiger partial charge is 0.314 e. The Morgan fingerprint density at radius 1 is 1.75 bits per heavy atom. The molecule has 1 fully saturated rings. The smallest absolute Gasteiger partial charge is 0.0338 e. The molecule has 0 radical (unpaired) electrons. The zero-order valence-corrected chi connectivity index (χ0v) is 5.22. The summed E-state index contributed by atoms with van der Waals surface area (Å²) in [5, 5.41) is 5.11. The van der Waals surface area contributed by atoms with Gasteiger partial charge in [0.05, 0.1) is 0 Å². The predicted octanol–water partition coefficient (Wildman–Crippen LogP) is -0.846. The molecule has 1 rings (SSSR count). The van der Waals surface area contributed by atoms with Gasteiger partial charge in [0.1, 0.15) is 0 Å². The Hall–Kier alpha value is -0.120. The van der Waals surface area contributed by atoms with E-state index in [2.05, 4.69) is 12.2 Å². The molecular weight excluding hydrogens is 102 g/mol. The highest BCUT2D eigenvalue weighted by Gasteiger charge is 2.12. The van der Waals surface area contributed by atoms with Gasteiger partial charge in [-0.3, -0.25) is 5.84 Å². The lowest BCUT2D eigenvalue weighted by Crippen LogP contribution is -2.52. The van der Waals surface area contributed by atoms with Crippen LogP contribution in [0.25, 0.3) is 0 Å². The van der Waals surface area contributed by atoms with Crippen molar-refractivity contribution >= 4 is 0 Å². The topological polar surface area (TPSA) is 41.3 Å². The molecule has 0 aromatic heterocycles. The predicted molar refractivity (Wildman–Crippen MR) is 33.2 cm³/mol. The van der Waals surface area contributed by atoms with Crippen LogP contribution in [0.15, 0.2) is 0 Å². The van der Waals surface area contributed by atoms with Gasteiger partial charge in [0.25, 0.3) is 0 Å². The minimum atomic E-state index is 0.503. The third kappa shape index (κ3) is 1.18. The molecule has 8 heavy (non-hydrogen) atoms. The van der Waals surface area contributed by atoms with Crippen LogP contribution in [-0.4, -0.2) is 30.7 Å². The van der Waals surface area contributed by atoms with Crippen LogP contribution in [-0.2, 0) is 0 Å². The molecule has 0 unspecified atom stereocenters. The first-order chi connectivity index (χ1) is 3.80. The lowest BCUT2D eigenvalue weighted by Gasteiger charge is -2.29. The van der Waals surface area contributed by atoms with Crippen LogP contribution >= 0.6 is 0 Å². The maximum absolute atomic E-state index is 5.57. The van der Waals surface area contributed by atoms with Crippen molar-refractivity contribution in [3.05, 3.63) is 0 Å². The summed E-state index contributed by atoms with van der Waals surface area (Å²) in [7, 11) is 0. The summed E-state index contributed by atoms with van der Waals surface area (Å²) >= 11 is 0. The number of hydrogen-bond donors (Lipinski definition) is 2. The van der Waals surface area contributed by atoms with Gasteiger partial charge in [0.2, 0.25) is 0 Å². The van der Waals surface area contributed by atoms with Crippen molar-refractivity contribution in [1.29, 1.82) is 0 Å². The van der Waals surface area contributed by atoms with Gasteiger partial charge in [0.15, 0.2) is 0 Å². The van der Waals surface area contributed by atoms with E-state index in [-0.39, 0.29) is 0 Å². The van der Waals surface area contributed by atoms with E-state index in [1.54, 1.807) is 0 Å². The second-order valence-corrected chi connectivity index (χ2v) is 2.29. The van der Waals surface area contributed by atoms with Crippen LogP contribution in [0.3, 0.4) is 0 Å². The first-order valence-corrected chi connectivity index (χ1v) is 3.03. The SMILES string of the molecule is C[C@@H]1CNCCN1N. The molecule has 0 saturated carbocycles. The Morgan fingerprint density at radius 2 is 2.50 bits per heavy atom. The van der Waals surface area contributed by atoms with Gasteiger partial charge in [-0.05, 0) is 6.92 Å². The van der Waals surface area contributed by atoms with Gasteiger partial charge in [-0.1, -0.05) is 0 Å². The molecule has 0 aliphatic carbocycles. The Morgan fingerprint density at radius 3 is 2.88 bits per heavy atom. The monoisotopic (exact) mass is 115 g/mol. The van der Waals surface area contributed by atoms with Crippen LogP contribution in [0, 0.1) is 0 Å². The minimum Gasteiger partial charge on any atom is -0.314 e. The Bertz CT molecular complexity index is 64.1. The number of hydrazine groups is 1. The molecule has 3 nitrogen and oxygen atoms in total. The molecule has 1 heterocycles. The molecule has 0 bridgehead atoms. The van der Waals surface area contributed by atoms with Crippen LogP contribution in [0.1, 0.15) is 6.92 Å². The molecule has 1 atom stereocenters. The summed E-state index contributed by atoms with van der Waals surface area (Å²) in [6.45, 7) is 5.14. The zero-order chi connectivity index (χ0) is 5.98. The average molecular weight is 115 g/mol. The zero-order valence-electron chi connectivity index (χ0n) is 5.22. The van der Waals surface area contributed by atoms with Crippen molar-refractivity contribution in [3.63, 3.8) is 0 Å². The summed E-state index contributed by atoms with van der Waals surface area (Å²) in [5.41, 5.74) is 0. The van der Waals surface area contributed by atoms with E-state index in [4.69, 9.17) is 5.84 Å². The van der Waals surface area contributed by atoms with Crippen LogP contribution < -0.4 is 11.2 Å². The average Bonchev–Trinajstić information content (AvgIpc) is 1.77. The molecule has 0 amide bonds. The molecule has 1 aliphatic rings. The second-order valence-electron chi connectivity index (χ2n) is 2.29. The summed E-state index contributed by atoms with van der Waals surface area (Å²) in [4.78, 5) is 0. The van der Waals surface area contributed by atoms with Crippen molar-refractivity contribution in [2.45, 2.75) is 13.0 Å². The minimum absolute atomic E-state index is 0.503. The van der Waals surface area contributed by atoms with Gasteiger partial charge in [0, 0.05) is 25.7 Å². The summed E-state index contributed by atoms with van der Waals surface area (Å²) in [5.74, 6) is 5.57. The van der Waals surface area contributed by atoms with Crippen molar-refractivity contribution < 1.29 is 0 Å². The molecule has 3 N–H and O–H groups in total. The maximum atomic E-state index is 5.57. The van der Waals surface area contributed by atoms with E-state index in [9.17, 15) is 0 Å². The van der Waals surface area contributed by atoms with E-state index in [1.165, 1.54) is 0 Å².